The van der Waals surface area contributed by atoms with Crippen molar-refractivity contribution in [2.24, 2.45) is 5.92 Å². The van der Waals surface area contributed by atoms with Gasteiger partial charge >= 0.3 is 0 Å². The third-order valence-electron chi connectivity index (χ3n) is 4.61. The van der Waals surface area contributed by atoms with Gasteiger partial charge in [-0.1, -0.05) is 13.3 Å². The van der Waals surface area contributed by atoms with E-state index in [0.29, 0.717) is 24.5 Å². The molecule has 0 saturated heterocycles. The zero-order valence-electron chi connectivity index (χ0n) is 12.0. The SMILES string of the molecule is CCC1CCC(NCC(=O)N(CC)C2CC2)CC1. The Morgan fingerprint density at radius 1 is 1.11 bits per heavy atom. The van der Waals surface area contributed by atoms with Gasteiger partial charge in [0.25, 0.3) is 0 Å². The minimum atomic E-state index is 0.303. The lowest BCUT2D eigenvalue weighted by Crippen LogP contribution is -2.43. The Hall–Kier alpha value is -0.570. The van der Waals surface area contributed by atoms with Crippen molar-refractivity contribution in [3.8, 4) is 0 Å². The number of amides is 1. The molecule has 2 aliphatic carbocycles. The molecule has 3 nitrogen and oxygen atoms in total. The van der Waals surface area contributed by atoms with Crippen LogP contribution in [0.2, 0.25) is 0 Å². The van der Waals surface area contributed by atoms with E-state index in [2.05, 4.69) is 19.2 Å². The number of likely N-dealkylation sites (N-methyl/N-ethyl adjacent to an activating group) is 1. The number of carbonyl (C=O) groups excluding carboxylic acids is 1. The quantitative estimate of drug-likeness (QED) is 0.788. The zero-order chi connectivity index (χ0) is 13.0. The molecule has 1 amide bonds. The molecule has 2 fully saturated rings. The maximum absolute atomic E-state index is 12.1. The summed E-state index contributed by atoms with van der Waals surface area (Å²) >= 11 is 0. The van der Waals surface area contributed by atoms with Gasteiger partial charge < -0.3 is 10.2 Å². The van der Waals surface area contributed by atoms with E-state index in [-0.39, 0.29) is 0 Å². The largest absolute Gasteiger partial charge is 0.339 e. The lowest BCUT2D eigenvalue weighted by molar-refractivity contribution is -0.130. The Kier molecular flexibility index (Phi) is 5.04. The summed E-state index contributed by atoms with van der Waals surface area (Å²) in [4.78, 5) is 14.1. The number of carbonyl (C=O) groups is 1. The van der Waals surface area contributed by atoms with Crippen LogP contribution in [-0.2, 0) is 4.79 Å². The third kappa shape index (κ3) is 3.71. The second-order valence-electron chi connectivity index (χ2n) is 5.92. The predicted molar refractivity (Wildman–Crippen MR) is 74.4 cm³/mol. The van der Waals surface area contributed by atoms with Crippen LogP contribution in [0.15, 0.2) is 0 Å². The first-order valence-electron chi connectivity index (χ1n) is 7.77. The minimum absolute atomic E-state index is 0.303. The molecule has 1 N–H and O–H groups in total. The van der Waals surface area contributed by atoms with E-state index in [9.17, 15) is 4.79 Å². The first-order chi connectivity index (χ1) is 8.74. The van der Waals surface area contributed by atoms with Gasteiger partial charge in [-0.15, -0.1) is 0 Å². The van der Waals surface area contributed by atoms with Crippen molar-refractivity contribution in [2.45, 2.75) is 70.9 Å². The van der Waals surface area contributed by atoms with Gasteiger partial charge in [-0.3, -0.25) is 4.79 Å². The molecule has 0 bridgehead atoms. The second-order valence-corrected chi connectivity index (χ2v) is 5.92. The number of hydrogen-bond donors (Lipinski definition) is 1. The maximum atomic E-state index is 12.1. The van der Waals surface area contributed by atoms with E-state index in [1.165, 1.54) is 44.9 Å². The van der Waals surface area contributed by atoms with Crippen LogP contribution >= 0.6 is 0 Å². The number of nitrogens with one attached hydrogen (secondary N) is 1. The van der Waals surface area contributed by atoms with Crippen LogP contribution < -0.4 is 5.32 Å². The molecular formula is C15H28N2O. The van der Waals surface area contributed by atoms with Crippen LogP contribution in [0.5, 0.6) is 0 Å². The number of rotatable bonds is 6. The smallest absolute Gasteiger partial charge is 0.236 e. The summed E-state index contributed by atoms with van der Waals surface area (Å²) < 4.78 is 0. The lowest BCUT2D eigenvalue weighted by atomic mass is 9.84. The van der Waals surface area contributed by atoms with Crippen molar-refractivity contribution < 1.29 is 4.79 Å². The monoisotopic (exact) mass is 252 g/mol. The number of nitrogens with zero attached hydrogens (tertiary/aromatic N) is 1. The summed E-state index contributed by atoms with van der Waals surface area (Å²) in [6, 6.07) is 1.13. The van der Waals surface area contributed by atoms with Crippen LogP contribution in [-0.4, -0.2) is 36.0 Å². The average Bonchev–Trinajstić information content (AvgIpc) is 3.22. The fraction of sp³-hybridized carbons (Fsp3) is 0.933. The van der Waals surface area contributed by atoms with E-state index < -0.39 is 0 Å². The van der Waals surface area contributed by atoms with E-state index in [4.69, 9.17) is 0 Å². The summed E-state index contributed by atoms with van der Waals surface area (Å²) in [6.45, 7) is 5.79. The Labute approximate surface area is 111 Å². The third-order valence-corrected chi connectivity index (χ3v) is 4.61. The van der Waals surface area contributed by atoms with Crippen LogP contribution in [0, 0.1) is 5.92 Å². The molecule has 0 aromatic heterocycles. The summed E-state index contributed by atoms with van der Waals surface area (Å²) in [5, 5.41) is 3.47. The molecule has 0 aromatic carbocycles. The maximum Gasteiger partial charge on any atom is 0.236 e. The van der Waals surface area contributed by atoms with Gasteiger partial charge in [0.2, 0.25) is 5.91 Å². The fourth-order valence-corrected chi connectivity index (χ4v) is 3.13. The van der Waals surface area contributed by atoms with Crippen molar-refractivity contribution in [1.82, 2.24) is 10.2 Å². The molecule has 18 heavy (non-hydrogen) atoms. The highest BCUT2D eigenvalue weighted by Crippen LogP contribution is 2.27. The van der Waals surface area contributed by atoms with Crippen molar-refractivity contribution >= 4 is 5.91 Å². The first-order valence-corrected chi connectivity index (χ1v) is 7.77. The zero-order valence-corrected chi connectivity index (χ0v) is 12.0. The normalized spacial score (nSPS) is 28.1. The van der Waals surface area contributed by atoms with Gasteiger partial charge in [-0.25, -0.2) is 0 Å². The molecule has 0 radical (unpaired) electrons. The van der Waals surface area contributed by atoms with Crippen molar-refractivity contribution in [3.63, 3.8) is 0 Å². The Morgan fingerprint density at radius 2 is 1.78 bits per heavy atom. The highest BCUT2D eigenvalue weighted by molar-refractivity contribution is 5.78. The molecule has 0 heterocycles. The summed E-state index contributed by atoms with van der Waals surface area (Å²) in [5.41, 5.74) is 0. The van der Waals surface area contributed by atoms with Crippen LogP contribution in [0.1, 0.15) is 58.8 Å². The van der Waals surface area contributed by atoms with E-state index in [1.54, 1.807) is 0 Å². The summed E-state index contributed by atoms with van der Waals surface area (Å²) in [7, 11) is 0. The van der Waals surface area contributed by atoms with Gasteiger partial charge in [0.15, 0.2) is 0 Å². The minimum Gasteiger partial charge on any atom is -0.339 e. The molecule has 3 heteroatoms. The van der Waals surface area contributed by atoms with Gasteiger partial charge in [0.05, 0.1) is 6.54 Å². The molecule has 0 atom stereocenters. The van der Waals surface area contributed by atoms with Gasteiger partial charge in [-0.2, -0.15) is 0 Å². The van der Waals surface area contributed by atoms with Crippen LogP contribution in [0.25, 0.3) is 0 Å². The molecule has 2 saturated carbocycles. The van der Waals surface area contributed by atoms with Gasteiger partial charge in [0, 0.05) is 18.6 Å². The molecule has 0 unspecified atom stereocenters. The van der Waals surface area contributed by atoms with Crippen molar-refractivity contribution in [3.05, 3.63) is 0 Å². The topological polar surface area (TPSA) is 32.3 Å². The summed E-state index contributed by atoms with van der Waals surface area (Å²) in [5.74, 6) is 1.23. The van der Waals surface area contributed by atoms with E-state index >= 15 is 0 Å². The number of hydrogen-bond acceptors (Lipinski definition) is 2. The fourth-order valence-electron chi connectivity index (χ4n) is 3.13. The molecular weight excluding hydrogens is 224 g/mol. The van der Waals surface area contributed by atoms with Crippen LogP contribution in [0.3, 0.4) is 0 Å². The molecule has 2 rings (SSSR count). The second kappa shape index (κ2) is 6.55. The van der Waals surface area contributed by atoms with E-state index in [1.807, 2.05) is 4.90 Å². The lowest BCUT2D eigenvalue weighted by Gasteiger charge is -2.29. The Bertz CT molecular complexity index is 268. The van der Waals surface area contributed by atoms with Crippen LogP contribution in [0.4, 0.5) is 0 Å². The molecule has 0 spiro atoms. The average molecular weight is 252 g/mol. The standard InChI is InChI=1S/C15H28N2O/c1-3-12-5-7-13(8-6-12)16-11-15(18)17(4-2)14-9-10-14/h12-14,16H,3-11H2,1-2H3. The highest BCUT2D eigenvalue weighted by Gasteiger charge is 2.31. The summed E-state index contributed by atoms with van der Waals surface area (Å²) in [6.07, 6.45) is 8.91. The van der Waals surface area contributed by atoms with Crippen molar-refractivity contribution in [1.29, 1.82) is 0 Å². The Balaban J connectivity index is 1.66. The molecule has 0 aliphatic heterocycles. The predicted octanol–water partition coefficient (Wildman–Crippen LogP) is 2.56. The van der Waals surface area contributed by atoms with E-state index in [0.717, 1.165) is 12.5 Å². The molecule has 0 aromatic rings. The highest BCUT2D eigenvalue weighted by atomic mass is 16.2. The molecule has 104 valence electrons. The van der Waals surface area contributed by atoms with Crippen molar-refractivity contribution in [2.75, 3.05) is 13.1 Å². The first kappa shape index (κ1) is 13.9. The Morgan fingerprint density at radius 3 is 2.28 bits per heavy atom. The van der Waals surface area contributed by atoms with Gasteiger partial charge in [0.1, 0.15) is 0 Å². The van der Waals surface area contributed by atoms with Gasteiger partial charge in [-0.05, 0) is 51.4 Å². The molecule has 2 aliphatic rings.